The molecule has 0 bridgehead atoms. The van der Waals surface area contributed by atoms with Crippen molar-refractivity contribution < 1.29 is 0 Å². The van der Waals surface area contributed by atoms with Gasteiger partial charge in [0.15, 0.2) is 0 Å². The second-order valence-corrected chi connectivity index (χ2v) is 4.95. The number of nitrogens with one attached hydrogen (secondary N) is 1. The molecule has 1 heterocycles. The van der Waals surface area contributed by atoms with Crippen molar-refractivity contribution >= 4 is 0 Å². The third-order valence-electron chi connectivity index (χ3n) is 3.58. The molecule has 0 amide bonds. The Morgan fingerprint density at radius 2 is 2.00 bits per heavy atom. The summed E-state index contributed by atoms with van der Waals surface area (Å²) < 4.78 is 0. The van der Waals surface area contributed by atoms with Gasteiger partial charge in [-0.05, 0) is 38.3 Å². The van der Waals surface area contributed by atoms with Crippen molar-refractivity contribution in [2.75, 3.05) is 26.2 Å². The molecule has 0 radical (unpaired) electrons. The monoisotopic (exact) mass is 197 g/mol. The molecule has 3 heteroatoms. The van der Waals surface area contributed by atoms with E-state index < -0.39 is 0 Å². The molecule has 1 saturated heterocycles. The Bertz CT molecular complexity index is 175. The molecular formula is C11H23N3. The maximum atomic E-state index is 5.86. The zero-order valence-electron chi connectivity index (χ0n) is 9.21. The number of piperidine rings is 1. The van der Waals surface area contributed by atoms with Crippen LogP contribution in [-0.4, -0.2) is 43.2 Å². The molecule has 0 spiro atoms. The fourth-order valence-corrected chi connectivity index (χ4v) is 2.19. The van der Waals surface area contributed by atoms with Gasteiger partial charge in [-0.1, -0.05) is 6.92 Å². The van der Waals surface area contributed by atoms with Crippen molar-refractivity contribution in [1.82, 2.24) is 10.2 Å². The van der Waals surface area contributed by atoms with E-state index in [4.69, 9.17) is 5.73 Å². The first-order chi connectivity index (χ1) is 6.75. The number of nitrogens with zero attached hydrogens (tertiary/aromatic N) is 1. The lowest BCUT2D eigenvalue weighted by molar-refractivity contribution is 0.213. The first-order valence-electron chi connectivity index (χ1n) is 5.97. The van der Waals surface area contributed by atoms with Crippen molar-refractivity contribution in [3.63, 3.8) is 0 Å². The van der Waals surface area contributed by atoms with Crippen LogP contribution in [0.25, 0.3) is 0 Å². The molecule has 3 nitrogen and oxygen atoms in total. The maximum Gasteiger partial charge on any atom is 0.0107 e. The van der Waals surface area contributed by atoms with Gasteiger partial charge in [0.25, 0.3) is 0 Å². The first kappa shape index (κ1) is 10.4. The molecule has 14 heavy (non-hydrogen) atoms. The van der Waals surface area contributed by atoms with Gasteiger partial charge in [-0.2, -0.15) is 0 Å². The average Bonchev–Trinajstić information content (AvgIpc) is 2.86. The Hall–Kier alpha value is -0.120. The van der Waals surface area contributed by atoms with Gasteiger partial charge in [0.1, 0.15) is 0 Å². The second-order valence-electron chi connectivity index (χ2n) is 4.95. The summed E-state index contributed by atoms with van der Waals surface area (Å²) in [6.07, 6.45) is 3.74. The van der Waals surface area contributed by atoms with Gasteiger partial charge in [-0.3, -0.25) is 0 Å². The van der Waals surface area contributed by atoms with E-state index in [1.54, 1.807) is 0 Å². The summed E-state index contributed by atoms with van der Waals surface area (Å²) in [6.45, 7) is 7.07. The van der Waals surface area contributed by atoms with Crippen LogP contribution in [0.5, 0.6) is 0 Å². The minimum absolute atomic E-state index is 0.461. The van der Waals surface area contributed by atoms with E-state index >= 15 is 0 Å². The van der Waals surface area contributed by atoms with E-state index in [-0.39, 0.29) is 0 Å². The van der Waals surface area contributed by atoms with Crippen LogP contribution in [0.1, 0.15) is 26.2 Å². The Morgan fingerprint density at radius 3 is 2.57 bits per heavy atom. The van der Waals surface area contributed by atoms with Crippen LogP contribution in [-0.2, 0) is 0 Å². The van der Waals surface area contributed by atoms with E-state index in [0.717, 1.165) is 18.5 Å². The van der Waals surface area contributed by atoms with Gasteiger partial charge in [-0.15, -0.1) is 0 Å². The number of hydrogen-bond donors (Lipinski definition) is 2. The number of nitrogens with two attached hydrogens (primary N) is 1. The number of hydrogen-bond acceptors (Lipinski definition) is 3. The molecule has 2 rings (SSSR count). The third kappa shape index (κ3) is 2.94. The minimum atomic E-state index is 0.461. The molecule has 1 aliphatic carbocycles. The topological polar surface area (TPSA) is 41.3 Å². The molecule has 2 fully saturated rings. The van der Waals surface area contributed by atoms with Crippen LogP contribution in [0.15, 0.2) is 0 Å². The van der Waals surface area contributed by atoms with Crippen molar-refractivity contribution in [3.8, 4) is 0 Å². The highest BCUT2D eigenvalue weighted by molar-refractivity contribution is 4.89. The van der Waals surface area contributed by atoms with Crippen LogP contribution in [0.4, 0.5) is 0 Å². The van der Waals surface area contributed by atoms with Crippen LogP contribution in [0, 0.1) is 5.92 Å². The van der Waals surface area contributed by atoms with Crippen molar-refractivity contribution in [1.29, 1.82) is 0 Å². The summed E-state index contributed by atoms with van der Waals surface area (Å²) >= 11 is 0. The third-order valence-corrected chi connectivity index (χ3v) is 3.58. The van der Waals surface area contributed by atoms with Gasteiger partial charge >= 0.3 is 0 Å². The Morgan fingerprint density at radius 1 is 1.36 bits per heavy atom. The first-order valence-corrected chi connectivity index (χ1v) is 5.97. The van der Waals surface area contributed by atoms with Crippen molar-refractivity contribution in [2.45, 2.75) is 38.3 Å². The molecular weight excluding hydrogens is 174 g/mol. The Balaban J connectivity index is 1.53. The Labute approximate surface area is 87.0 Å². The molecule has 82 valence electrons. The molecule has 1 aliphatic heterocycles. The molecule has 0 aromatic rings. The molecule has 0 aromatic heterocycles. The molecule has 2 atom stereocenters. The van der Waals surface area contributed by atoms with Gasteiger partial charge in [0.2, 0.25) is 0 Å². The fourth-order valence-electron chi connectivity index (χ4n) is 2.19. The molecule has 2 aliphatic rings. The van der Waals surface area contributed by atoms with Gasteiger partial charge in [0, 0.05) is 25.2 Å². The summed E-state index contributed by atoms with van der Waals surface area (Å²) in [6, 6.07) is 1.28. The predicted molar refractivity (Wildman–Crippen MR) is 59.2 cm³/mol. The van der Waals surface area contributed by atoms with E-state index in [9.17, 15) is 0 Å². The molecule has 2 unspecified atom stereocenters. The summed E-state index contributed by atoms with van der Waals surface area (Å²) in [5, 5.41) is 3.59. The van der Waals surface area contributed by atoms with Crippen LogP contribution in [0.3, 0.4) is 0 Å². The SMILES string of the molecule is CC1CC1NCCN1CCC(N)CC1. The standard InChI is InChI=1S/C11H23N3/c1-9-8-11(9)13-4-7-14-5-2-10(12)3-6-14/h9-11,13H,2-8,12H2,1H3. The lowest BCUT2D eigenvalue weighted by Gasteiger charge is -2.30. The fraction of sp³-hybridized carbons (Fsp3) is 1.00. The molecule has 0 aromatic carbocycles. The normalized spacial score (nSPS) is 34.7. The average molecular weight is 197 g/mol. The lowest BCUT2D eigenvalue weighted by Crippen LogP contribution is -2.42. The smallest absolute Gasteiger partial charge is 0.0107 e. The highest BCUT2D eigenvalue weighted by Crippen LogP contribution is 2.28. The number of rotatable bonds is 4. The van der Waals surface area contributed by atoms with E-state index in [1.165, 1.54) is 38.9 Å². The van der Waals surface area contributed by atoms with E-state index in [2.05, 4.69) is 17.1 Å². The van der Waals surface area contributed by atoms with Crippen LogP contribution >= 0.6 is 0 Å². The highest BCUT2D eigenvalue weighted by Gasteiger charge is 2.31. The quantitative estimate of drug-likeness (QED) is 0.686. The van der Waals surface area contributed by atoms with Crippen LogP contribution < -0.4 is 11.1 Å². The van der Waals surface area contributed by atoms with Gasteiger partial charge in [-0.25, -0.2) is 0 Å². The summed E-state index contributed by atoms with van der Waals surface area (Å²) in [5.74, 6) is 0.921. The second kappa shape index (κ2) is 4.60. The highest BCUT2D eigenvalue weighted by atomic mass is 15.2. The summed E-state index contributed by atoms with van der Waals surface area (Å²) in [7, 11) is 0. The summed E-state index contributed by atoms with van der Waals surface area (Å²) in [5.41, 5.74) is 5.86. The zero-order valence-corrected chi connectivity index (χ0v) is 9.21. The minimum Gasteiger partial charge on any atom is -0.328 e. The summed E-state index contributed by atoms with van der Waals surface area (Å²) in [4.78, 5) is 2.53. The lowest BCUT2D eigenvalue weighted by atomic mass is 10.1. The Kier molecular flexibility index (Phi) is 3.42. The van der Waals surface area contributed by atoms with Gasteiger partial charge < -0.3 is 16.0 Å². The predicted octanol–water partition coefficient (Wildman–Crippen LogP) is 0.408. The largest absolute Gasteiger partial charge is 0.328 e. The number of likely N-dealkylation sites (tertiary alicyclic amines) is 1. The van der Waals surface area contributed by atoms with Crippen molar-refractivity contribution in [2.24, 2.45) is 11.7 Å². The van der Waals surface area contributed by atoms with Crippen molar-refractivity contribution in [3.05, 3.63) is 0 Å². The van der Waals surface area contributed by atoms with E-state index in [1.807, 2.05) is 0 Å². The van der Waals surface area contributed by atoms with Crippen LogP contribution in [0.2, 0.25) is 0 Å². The van der Waals surface area contributed by atoms with E-state index in [0.29, 0.717) is 6.04 Å². The molecule has 3 N–H and O–H groups in total. The van der Waals surface area contributed by atoms with Gasteiger partial charge in [0.05, 0.1) is 0 Å². The molecule has 1 saturated carbocycles. The zero-order chi connectivity index (χ0) is 9.97. The maximum absolute atomic E-state index is 5.86.